The second-order valence-electron chi connectivity index (χ2n) is 7.62. The van der Waals surface area contributed by atoms with E-state index in [0.29, 0.717) is 5.56 Å². The minimum atomic E-state index is -4.93. The summed E-state index contributed by atoms with van der Waals surface area (Å²) < 4.78 is 21.8. The number of nitrogens with one attached hydrogen (secondary N) is 2. The smallest absolute Gasteiger partial charge is 0.473 e. The second-order valence-corrected chi connectivity index (χ2v) is 9.03. The number of aliphatic carboxylic acids is 1. The fourth-order valence-corrected chi connectivity index (χ4v) is 4.16. The summed E-state index contributed by atoms with van der Waals surface area (Å²) in [6.07, 6.45) is -7.45. The molecule has 2 aliphatic rings. The molecule has 1 aromatic heterocycles. The number of aromatic amines is 2. The number of aromatic nitrogens is 3. The maximum atomic E-state index is 12.3. The van der Waals surface area contributed by atoms with Crippen molar-refractivity contribution in [2.24, 2.45) is 0 Å². The van der Waals surface area contributed by atoms with Gasteiger partial charge in [0, 0.05) is 6.07 Å². The molecule has 15 nitrogen and oxygen atoms in total. The zero-order valence-electron chi connectivity index (χ0n) is 18.0. The van der Waals surface area contributed by atoms with E-state index in [0.717, 1.165) is 6.92 Å². The van der Waals surface area contributed by atoms with Gasteiger partial charge < -0.3 is 29.9 Å². The third-order valence-corrected chi connectivity index (χ3v) is 6.08. The van der Waals surface area contributed by atoms with Crippen LogP contribution in [0.1, 0.15) is 6.92 Å². The molecule has 0 spiro atoms. The first-order chi connectivity index (χ1) is 16.3. The predicted molar refractivity (Wildman–Crippen MR) is 118 cm³/mol. The summed E-state index contributed by atoms with van der Waals surface area (Å²) in [6, 6.07) is 5.25. The number of carbonyl (C=O) groups is 1. The van der Waals surface area contributed by atoms with Gasteiger partial charge in [-0.05, 0) is 30.7 Å². The molecule has 0 aromatic carbocycles. The lowest BCUT2D eigenvalue weighted by Crippen LogP contribution is -2.42. The second kappa shape index (κ2) is 10.2. The minimum Gasteiger partial charge on any atom is -0.479 e. The SMILES string of the molecule is C[C@H](OP(=O)(O)OC[C@@H](O)[C@@H](O)[C@@H](O)Cn1c2cc(=O)ccc-2cc2c(=O)[nH]c(=O)[nH]c21)C(=O)O. The Bertz CT molecular complexity index is 1430. The highest BCUT2D eigenvalue weighted by Crippen LogP contribution is 2.44. The molecule has 1 aliphatic carbocycles. The number of hydrogen-bond donors (Lipinski definition) is 7. The molecule has 0 bridgehead atoms. The van der Waals surface area contributed by atoms with Crippen LogP contribution in [-0.2, 0) is 25.0 Å². The molecule has 35 heavy (non-hydrogen) atoms. The van der Waals surface area contributed by atoms with Crippen molar-refractivity contribution < 1.29 is 43.7 Å². The summed E-state index contributed by atoms with van der Waals surface area (Å²) >= 11 is 0. The molecule has 5 atom stereocenters. The van der Waals surface area contributed by atoms with Gasteiger partial charge in [0.1, 0.15) is 24.0 Å². The Morgan fingerprint density at radius 2 is 1.80 bits per heavy atom. The number of H-pyrrole nitrogens is 2. The molecule has 0 radical (unpaired) electrons. The summed E-state index contributed by atoms with van der Waals surface area (Å²) in [5.74, 6) is -1.55. The summed E-state index contributed by atoms with van der Waals surface area (Å²) in [5.41, 5.74) is -1.53. The summed E-state index contributed by atoms with van der Waals surface area (Å²) in [6.45, 7) is -0.600. The van der Waals surface area contributed by atoms with Crippen LogP contribution in [0.15, 0.2) is 38.6 Å². The van der Waals surface area contributed by atoms with Gasteiger partial charge in [0.15, 0.2) is 11.5 Å². The lowest BCUT2D eigenvalue weighted by atomic mass is 10.0. The standard InChI is InChI=1S/C19H22N3O12P/c1-8(18(28)29)34-35(31,32)33-7-14(25)15(26)13(24)6-22-12-5-10(23)3-2-9(12)4-11-16(22)20-19(30)21-17(11)27/h2-5,8,13-15,24-26H,6-7H2,1H3,(H,28,29)(H,31,32)(H2,20,21,27,30)/t8-,13-,14+,15-/m0/s1. The number of rotatable bonds is 10. The van der Waals surface area contributed by atoms with E-state index in [1.165, 1.54) is 28.8 Å². The van der Waals surface area contributed by atoms with E-state index in [-0.39, 0.29) is 16.7 Å². The van der Waals surface area contributed by atoms with Crippen LogP contribution in [0, 0.1) is 0 Å². The number of phosphoric ester groups is 1. The molecule has 1 aliphatic heterocycles. The highest BCUT2D eigenvalue weighted by atomic mass is 31.2. The third-order valence-electron chi connectivity index (χ3n) is 5.03. The molecule has 2 heterocycles. The zero-order chi connectivity index (χ0) is 26.1. The van der Waals surface area contributed by atoms with Gasteiger partial charge in [-0.3, -0.25) is 28.6 Å². The number of aliphatic hydroxyl groups excluding tert-OH is 3. The number of nitrogens with zero attached hydrogens (tertiary/aromatic N) is 1. The van der Waals surface area contributed by atoms with Gasteiger partial charge in [-0.25, -0.2) is 14.2 Å². The zero-order valence-corrected chi connectivity index (χ0v) is 18.9. The van der Waals surface area contributed by atoms with E-state index in [9.17, 15) is 44.0 Å². The normalized spacial score (nSPS) is 17.1. The maximum Gasteiger partial charge on any atom is 0.473 e. The number of phosphoric acid groups is 1. The van der Waals surface area contributed by atoms with Crippen molar-refractivity contribution in [2.45, 2.75) is 37.9 Å². The first-order valence-corrected chi connectivity index (χ1v) is 11.5. The van der Waals surface area contributed by atoms with E-state index >= 15 is 0 Å². The molecule has 1 unspecified atom stereocenters. The van der Waals surface area contributed by atoms with Crippen molar-refractivity contribution in [2.75, 3.05) is 6.61 Å². The fraction of sp³-hybridized carbons (Fsp3) is 0.368. The van der Waals surface area contributed by atoms with Crippen LogP contribution in [0.4, 0.5) is 0 Å². The molecule has 3 rings (SSSR count). The van der Waals surface area contributed by atoms with Crippen LogP contribution in [0.3, 0.4) is 0 Å². The Kier molecular flexibility index (Phi) is 7.71. The average Bonchev–Trinajstić information content (AvgIpc) is 2.77. The number of carboxylic acid groups (broad SMARTS) is 1. The molecule has 0 fully saturated rings. The molecular weight excluding hydrogens is 493 g/mol. The summed E-state index contributed by atoms with van der Waals surface area (Å²) in [5, 5.41) is 39.7. The van der Waals surface area contributed by atoms with Gasteiger partial charge in [-0.1, -0.05) is 0 Å². The highest BCUT2D eigenvalue weighted by Gasteiger charge is 2.32. The van der Waals surface area contributed by atoms with E-state index in [4.69, 9.17) is 5.11 Å². The Balaban J connectivity index is 1.86. The van der Waals surface area contributed by atoms with Crippen molar-refractivity contribution in [1.82, 2.24) is 14.5 Å². The van der Waals surface area contributed by atoms with Crippen molar-refractivity contribution in [3.8, 4) is 11.3 Å². The number of benzene rings is 1. The summed E-state index contributed by atoms with van der Waals surface area (Å²) in [7, 11) is -4.93. The molecule has 190 valence electrons. The highest BCUT2D eigenvalue weighted by molar-refractivity contribution is 7.47. The van der Waals surface area contributed by atoms with Crippen molar-refractivity contribution >= 4 is 24.8 Å². The lowest BCUT2D eigenvalue weighted by Gasteiger charge is -2.26. The van der Waals surface area contributed by atoms with Gasteiger partial charge in [-0.2, -0.15) is 0 Å². The lowest BCUT2D eigenvalue weighted by molar-refractivity contribution is -0.145. The average molecular weight is 515 g/mol. The minimum absolute atomic E-state index is 0.00670. The first kappa shape index (κ1) is 26.4. The molecule has 0 amide bonds. The van der Waals surface area contributed by atoms with Gasteiger partial charge in [0.05, 0.1) is 24.2 Å². The number of pyridine rings is 1. The maximum absolute atomic E-state index is 12.3. The molecule has 1 aromatic rings. The predicted octanol–water partition coefficient (Wildman–Crippen LogP) is -1.83. The quantitative estimate of drug-likeness (QED) is 0.117. The molecule has 0 saturated carbocycles. The number of carboxylic acids is 1. The molecule has 16 heteroatoms. The van der Waals surface area contributed by atoms with Crippen LogP contribution in [0.25, 0.3) is 22.3 Å². The van der Waals surface area contributed by atoms with Gasteiger partial charge >= 0.3 is 19.5 Å². The van der Waals surface area contributed by atoms with Crippen LogP contribution >= 0.6 is 7.82 Å². The van der Waals surface area contributed by atoms with E-state index in [1.807, 2.05) is 0 Å². The van der Waals surface area contributed by atoms with E-state index in [1.54, 1.807) is 0 Å². The largest absolute Gasteiger partial charge is 0.479 e. The van der Waals surface area contributed by atoms with Crippen molar-refractivity contribution in [3.63, 3.8) is 0 Å². The number of aliphatic hydroxyl groups is 3. The Morgan fingerprint density at radius 1 is 1.11 bits per heavy atom. The molecule has 7 N–H and O–H groups in total. The van der Waals surface area contributed by atoms with E-state index in [2.05, 4.69) is 19.0 Å². The van der Waals surface area contributed by atoms with Crippen molar-refractivity contribution in [3.05, 3.63) is 55.3 Å². The van der Waals surface area contributed by atoms with E-state index < -0.39 is 68.0 Å². The Hall–Kier alpha value is -3.17. The molecular formula is C19H22N3O12P. The number of fused-ring (bicyclic) bond motifs is 2. The van der Waals surface area contributed by atoms with Crippen LogP contribution in [0.5, 0.6) is 0 Å². The molecule has 0 saturated heterocycles. The summed E-state index contributed by atoms with van der Waals surface area (Å²) in [4.78, 5) is 60.7. The Morgan fingerprint density at radius 3 is 2.46 bits per heavy atom. The number of hydrogen-bond acceptors (Lipinski definition) is 10. The van der Waals surface area contributed by atoms with Gasteiger partial charge in [0.2, 0.25) is 0 Å². The van der Waals surface area contributed by atoms with Gasteiger partial charge in [-0.15, -0.1) is 0 Å². The third kappa shape index (κ3) is 6.10. The van der Waals surface area contributed by atoms with Crippen LogP contribution in [-0.4, -0.2) is 76.8 Å². The van der Waals surface area contributed by atoms with Gasteiger partial charge in [0.25, 0.3) is 5.56 Å². The van der Waals surface area contributed by atoms with Crippen molar-refractivity contribution in [1.29, 1.82) is 0 Å². The monoisotopic (exact) mass is 515 g/mol. The topological polar surface area (TPSA) is 241 Å². The first-order valence-electron chi connectivity index (χ1n) is 10.0. The fourth-order valence-electron chi connectivity index (χ4n) is 3.27. The van der Waals surface area contributed by atoms with Crippen LogP contribution in [0.2, 0.25) is 0 Å². The Labute approximate surface area is 194 Å². The van der Waals surface area contributed by atoms with Crippen LogP contribution < -0.4 is 16.7 Å².